The lowest BCUT2D eigenvalue weighted by Crippen LogP contribution is -2.34. The molecule has 2 N–H and O–H groups in total. The van der Waals surface area contributed by atoms with E-state index in [0.29, 0.717) is 35.3 Å². The van der Waals surface area contributed by atoms with E-state index in [4.69, 9.17) is 21.1 Å². The standard InChI is InChI=1S/C17H16ClN3O5S/c18-14-8-12(9-15-17(14)26-7-6-25-15)10-19-21-16(22)11-20-27(23,24)13-4-2-1-3-5-13/h1-5,8-10,20H,6-7,11H2,(H,21,22)/b19-10-. The number of hydrogen-bond acceptors (Lipinski definition) is 6. The molecule has 1 amide bonds. The van der Waals surface area contributed by atoms with Crippen LogP contribution in [0.4, 0.5) is 0 Å². The second-order valence-corrected chi connectivity index (χ2v) is 7.63. The van der Waals surface area contributed by atoms with Gasteiger partial charge in [-0.25, -0.2) is 18.6 Å². The first kappa shape index (κ1) is 19.2. The van der Waals surface area contributed by atoms with Crippen LogP contribution in [0.2, 0.25) is 5.02 Å². The molecule has 2 aromatic rings. The minimum Gasteiger partial charge on any atom is -0.486 e. The Morgan fingerprint density at radius 2 is 1.93 bits per heavy atom. The van der Waals surface area contributed by atoms with E-state index in [1.807, 2.05) is 0 Å². The third-order valence-corrected chi connectivity index (χ3v) is 5.20. The summed E-state index contributed by atoms with van der Waals surface area (Å²) < 4.78 is 37.1. The van der Waals surface area contributed by atoms with Gasteiger partial charge in [0.25, 0.3) is 5.91 Å². The van der Waals surface area contributed by atoms with Crippen LogP contribution in [0, 0.1) is 0 Å². The van der Waals surface area contributed by atoms with Crippen LogP contribution < -0.4 is 19.6 Å². The molecule has 10 heteroatoms. The molecule has 0 aromatic heterocycles. The first-order valence-corrected chi connectivity index (χ1v) is 9.77. The lowest BCUT2D eigenvalue weighted by atomic mass is 10.2. The number of sulfonamides is 1. The maximum Gasteiger partial charge on any atom is 0.255 e. The number of rotatable bonds is 6. The quantitative estimate of drug-likeness (QED) is 0.556. The van der Waals surface area contributed by atoms with Gasteiger partial charge in [0.2, 0.25) is 10.0 Å². The smallest absolute Gasteiger partial charge is 0.255 e. The summed E-state index contributed by atoms with van der Waals surface area (Å²) in [5, 5.41) is 4.16. The van der Waals surface area contributed by atoms with Gasteiger partial charge in [-0.05, 0) is 29.8 Å². The molecule has 0 bridgehead atoms. The topological polar surface area (TPSA) is 106 Å². The van der Waals surface area contributed by atoms with Gasteiger partial charge in [0.05, 0.1) is 22.7 Å². The van der Waals surface area contributed by atoms with Crippen molar-refractivity contribution in [1.82, 2.24) is 10.1 Å². The molecular formula is C17H16ClN3O5S. The highest BCUT2D eigenvalue weighted by Crippen LogP contribution is 2.37. The van der Waals surface area contributed by atoms with Crippen molar-refractivity contribution in [2.45, 2.75) is 4.90 Å². The normalized spacial score (nSPS) is 13.5. The van der Waals surface area contributed by atoms with Gasteiger partial charge in [-0.2, -0.15) is 5.10 Å². The summed E-state index contributed by atoms with van der Waals surface area (Å²) in [6.45, 7) is 0.397. The van der Waals surface area contributed by atoms with Crippen LogP contribution in [-0.4, -0.2) is 40.3 Å². The van der Waals surface area contributed by atoms with Gasteiger partial charge in [-0.1, -0.05) is 29.8 Å². The Labute approximate surface area is 161 Å². The molecule has 0 saturated heterocycles. The molecule has 2 aromatic carbocycles. The van der Waals surface area contributed by atoms with Crippen molar-refractivity contribution in [3.8, 4) is 11.5 Å². The third kappa shape index (κ3) is 4.97. The van der Waals surface area contributed by atoms with Gasteiger partial charge in [-0.15, -0.1) is 0 Å². The van der Waals surface area contributed by atoms with Gasteiger partial charge >= 0.3 is 0 Å². The number of amides is 1. The number of halogens is 1. The summed E-state index contributed by atoms with van der Waals surface area (Å²) in [7, 11) is -3.76. The largest absolute Gasteiger partial charge is 0.486 e. The zero-order chi connectivity index (χ0) is 19.3. The molecule has 0 atom stereocenters. The molecule has 8 nitrogen and oxygen atoms in total. The Hall–Kier alpha value is -2.62. The van der Waals surface area contributed by atoms with E-state index in [1.165, 1.54) is 18.3 Å². The third-order valence-electron chi connectivity index (χ3n) is 3.50. The average molecular weight is 410 g/mol. The summed E-state index contributed by atoms with van der Waals surface area (Å²) >= 11 is 6.12. The maximum absolute atomic E-state index is 12.0. The van der Waals surface area contributed by atoms with Crippen LogP contribution in [0.15, 0.2) is 52.5 Å². The fourth-order valence-electron chi connectivity index (χ4n) is 2.27. The molecule has 0 unspecified atom stereocenters. The van der Waals surface area contributed by atoms with E-state index in [-0.39, 0.29) is 4.90 Å². The Balaban J connectivity index is 1.56. The van der Waals surface area contributed by atoms with Crippen molar-refractivity contribution in [3.63, 3.8) is 0 Å². The molecule has 0 spiro atoms. The second-order valence-electron chi connectivity index (χ2n) is 5.46. The first-order valence-electron chi connectivity index (χ1n) is 7.91. The van der Waals surface area contributed by atoms with Crippen LogP contribution in [0.1, 0.15) is 5.56 Å². The number of nitrogens with zero attached hydrogens (tertiary/aromatic N) is 1. The van der Waals surface area contributed by atoms with Crippen LogP contribution in [0.5, 0.6) is 11.5 Å². The van der Waals surface area contributed by atoms with E-state index in [9.17, 15) is 13.2 Å². The summed E-state index contributed by atoms with van der Waals surface area (Å²) in [4.78, 5) is 11.9. The van der Waals surface area contributed by atoms with E-state index >= 15 is 0 Å². The van der Waals surface area contributed by atoms with E-state index in [1.54, 1.807) is 30.3 Å². The van der Waals surface area contributed by atoms with Crippen LogP contribution in [0.25, 0.3) is 0 Å². The number of fused-ring (bicyclic) bond motifs is 1. The highest BCUT2D eigenvalue weighted by atomic mass is 35.5. The minimum atomic E-state index is -3.76. The predicted molar refractivity (Wildman–Crippen MR) is 99.8 cm³/mol. The maximum atomic E-state index is 12.0. The summed E-state index contributed by atoms with van der Waals surface area (Å²) in [5.74, 6) is 0.353. The molecule has 1 aliphatic heterocycles. The Morgan fingerprint density at radius 1 is 1.19 bits per heavy atom. The fraction of sp³-hybridized carbons (Fsp3) is 0.176. The first-order chi connectivity index (χ1) is 13.0. The molecule has 0 radical (unpaired) electrons. The summed E-state index contributed by atoms with van der Waals surface area (Å²) in [6, 6.07) is 11.0. The van der Waals surface area contributed by atoms with Gasteiger partial charge in [0.1, 0.15) is 13.2 Å². The van der Waals surface area contributed by atoms with Crippen LogP contribution in [-0.2, 0) is 14.8 Å². The van der Waals surface area contributed by atoms with Gasteiger partial charge in [0.15, 0.2) is 11.5 Å². The number of carbonyl (C=O) groups is 1. The average Bonchev–Trinajstić information content (AvgIpc) is 2.67. The molecule has 1 aliphatic rings. The monoisotopic (exact) mass is 409 g/mol. The van der Waals surface area contributed by atoms with Gasteiger partial charge in [0, 0.05) is 0 Å². The van der Waals surface area contributed by atoms with Crippen LogP contribution in [0.3, 0.4) is 0 Å². The molecule has 3 rings (SSSR count). The molecule has 0 aliphatic carbocycles. The molecule has 0 fully saturated rings. The number of hydrazone groups is 1. The molecule has 1 heterocycles. The van der Waals surface area contributed by atoms with E-state index in [2.05, 4.69) is 15.2 Å². The van der Waals surface area contributed by atoms with Crippen molar-refractivity contribution in [2.75, 3.05) is 19.8 Å². The van der Waals surface area contributed by atoms with Crippen molar-refractivity contribution >= 4 is 33.7 Å². The number of ether oxygens (including phenoxy) is 2. The molecule has 0 saturated carbocycles. The second kappa shape index (κ2) is 8.38. The van der Waals surface area contributed by atoms with Gasteiger partial charge < -0.3 is 9.47 Å². The summed E-state index contributed by atoms with van der Waals surface area (Å²) in [5.41, 5.74) is 2.84. The van der Waals surface area contributed by atoms with Crippen molar-refractivity contribution < 1.29 is 22.7 Å². The predicted octanol–water partition coefficient (Wildman–Crippen LogP) is 1.54. The van der Waals surface area contributed by atoms with Crippen LogP contribution >= 0.6 is 11.6 Å². The molecular weight excluding hydrogens is 394 g/mol. The van der Waals surface area contributed by atoms with E-state index < -0.39 is 22.5 Å². The lowest BCUT2D eigenvalue weighted by Gasteiger charge is -2.19. The molecule has 27 heavy (non-hydrogen) atoms. The SMILES string of the molecule is O=C(CNS(=O)(=O)c1ccccc1)N/N=C\c1cc(Cl)c2c(c1)OCCO2. The zero-order valence-electron chi connectivity index (χ0n) is 14.0. The Kier molecular flexibility index (Phi) is 5.94. The minimum absolute atomic E-state index is 0.0761. The summed E-state index contributed by atoms with van der Waals surface area (Å²) in [6.07, 6.45) is 1.37. The van der Waals surface area contributed by atoms with Gasteiger partial charge in [-0.3, -0.25) is 4.79 Å². The number of benzene rings is 2. The number of hydrogen-bond donors (Lipinski definition) is 2. The van der Waals surface area contributed by atoms with Crippen molar-refractivity contribution in [1.29, 1.82) is 0 Å². The Bertz CT molecular complexity index is 964. The fourth-order valence-corrected chi connectivity index (χ4v) is 3.54. The number of nitrogens with one attached hydrogen (secondary N) is 2. The highest BCUT2D eigenvalue weighted by Gasteiger charge is 2.16. The van der Waals surface area contributed by atoms with Crippen molar-refractivity contribution in [3.05, 3.63) is 53.1 Å². The molecule has 142 valence electrons. The zero-order valence-corrected chi connectivity index (χ0v) is 15.6. The van der Waals surface area contributed by atoms with E-state index in [0.717, 1.165) is 0 Å². The van der Waals surface area contributed by atoms with Crippen molar-refractivity contribution in [2.24, 2.45) is 5.10 Å². The number of carbonyl (C=O) groups excluding carboxylic acids is 1. The Morgan fingerprint density at radius 3 is 2.70 bits per heavy atom. The highest BCUT2D eigenvalue weighted by molar-refractivity contribution is 7.89. The lowest BCUT2D eigenvalue weighted by molar-refractivity contribution is -0.119.